The zero-order valence-electron chi connectivity index (χ0n) is 11.5. The maximum absolute atomic E-state index is 11.2. The van der Waals surface area contributed by atoms with E-state index in [2.05, 4.69) is 4.98 Å². The summed E-state index contributed by atoms with van der Waals surface area (Å²) in [5, 5.41) is 13.0. The molecule has 0 saturated heterocycles. The summed E-state index contributed by atoms with van der Waals surface area (Å²) in [5.74, 6) is -0.479. The lowest BCUT2D eigenvalue weighted by Gasteiger charge is -2.15. The molecule has 0 aliphatic carbocycles. The Kier molecular flexibility index (Phi) is 3.79. The van der Waals surface area contributed by atoms with E-state index in [0.717, 1.165) is 25.3 Å². The third-order valence-electron chi connectivity index (χ3n) is 3.03. The van der Waals surface area contributed by atoms with Gasteiger partial charge >= 0.3 is 5.97 Å². The number of hydrogen-bond donors (Lipinski definition) is 1. The number of thiazole rings is 1. The van der Waals surface area contributed by atoms with Crippen molar-refractivity contribution in [2.75, 3.05) is 13.7 Å². The SMILES string of the molecule is COCC(Oc1cc2sc(C)nc2c2sccc12)C(=O)O. The molecule has 1 atom stereocenters. The highest BCUT2D eigenvalue weighted by molar-refractivity contribution is 7.21. The molecule has 0 amide bonds. The van der Waals surface area contributed by atoms with E-state index >= 15 is 0 Å². The molecule has 0 fully saturated rings. The molecule has 0 saturated carbocycles. The Morgan fingerprint density at radius 2 is 2.33 bits per heavy atom. The van der Waals surface area contributed by atoms with E-state index in [9.17, 15) is 9.90 Å². The van der Waals surface area contributed by atoms with Gasteiger partial charge < -0.3 is 14.6 Å². The van der Waals surface area contributed by atoms with E-state index < -0.39 is 12.1 Å². The molecule has 110 valence electrons. The quantitative estimate of drug-likeness (QED) is 0.780. The molecule has 0 aliphatic heterocycles. The van der Waals surface area contributed by atoms with Crippen LogP contribution in [0.4, 0.5) is 0 Å². The molecule has 1 N–H and O–H groups in total. The van der Waals surface area contributed by atoms with Crippen molar-refractivity contribution in [1.82, 2.24) is 4.98 Å². The highest BCUT2D eigenvalue weighted by Gasteiger charge is 2.21. The Morgan fingerprint density at radius 1 is 1.52 bits per heavy atom. The van der Waals surface area contributed by atoms with Crippen LogP contribution in [0.15, 0.2) is 17.5 Å². The van der Waals surface area contributed by atoms with Gasteiger partial charge in [0, 0.05) is 18.6 Å². The van der Waals surface area contributed by atoms with Crippen LogP contribution >= 0.6 is 22.7 Å². The molecule has 0 radical (unpaired) electrons. The van der Waals surface area contributed by atoms with Gasteiger partial charge in [0.25, 0.3) is 0 Å². The van der Waals surface area contributed by atoms with Gasteiger partial charge in [-0.2, -0.15) is 0 Å². The van der Waals surface area contributed by atoms with E-state index in [1.807, 2.05) is 24.4 Å². The van der Waals surface area contributed by atoms with Gasteiger partial charge in [0.15, 0.2) is 0 Å². The number of methoxy groups -OCH3 is 1. The molecule has 1 unspecified atom stereocenters. The third-order valence-corrected chi connectivity index (χ3v) is 4.87. The standard InChI is InChI=1S/C14H13NO4S2/c1-7-15-12-11(21-7)5-9(8-3-4-20-13(8)12)19-10(6-18-2)14(16)17/h3-5,10H,6H2,1-2H3,(H,16,17). The lowest BCUT2D eigenvalue weighted by molar-refractivity contribution is -0.147. The number of benzene rings is 1. The Hall–Kier alpha value is -1.70. The van der Waals surface area contributed by atoms with Crippen molar-refractivity contribution in [3.63, 3.8) is 0 Å². The highest BCUT2D eigenvalue weighted by atomic mass is 32.1. The fourth-order valence-corrected chi connectivity index (χ4v) is 3.98. The molecular weight excluding hydrogens is 310 g/mol. The number of carboxylic acids is 1. The van der Waals surface area contributed by atoms with Crippen LogP contribution in [0.1, 0.15) is 5.01 Å². The zero-order chi connectivity index (χ0) is 15.0. The number of aromatic nitrogens is 1. The van der Waals surface area contributed by atoms with E-state index in [1.54, 1.807) is 22.7 Å². The van der Waals surface area contributed by atoms with Gasteiger partial charge in [-0.15, -0.1) is 22.7 Å². The molecule has 2 heterocycles. The number of ether oxygens (including phenoxy) is 2. The van der Waals surface area contributed by atoms with Crippen LogP contribution in [-0.4, -0.2) is 35.9 Å². The lowest BCUT2D eigenvalue weighted by Crippen LogP contribution is -2.31. The van der Waals surface area contributed by atoms with Crippen LogP contribution in [0.25, 0.3) is 20.3 Å². The minimum atomic E-state index is -1.04. The second kappa shape index (κ2) is 5.59. The second-order valence-electron chi connectivity index (χ2n) is 4.52. The third kappa shape index (κ3) is 2.59. The Labute approximate surface area is 128 Å². The largest absolute Gasteiger partial charge is 0.478 e. The van der Waals surface area contributed by atoms with Gasteiger partial charge in [0.2, 0.25) is 6.10 Å². The summed E-state index contributed by atoms with van der Waals surface area (Å²) in [4.78, 5) is 15.8. The summed E-state index contributed by atoms with van der Waals surface area (Å²) in [7, 11) is 1.45. The van der Waals surface area contributed by atoms with Crippen molar-refractivity contribution in [3.05, 3.63) is 22.5 Å². The number of rotatable bonds is 5. The van der Waals surface area contributed by atoms with E-state index in [0.29, 0.717) is 5.75 Å². The molecule has 0 aliphatic rings. The van der Waals surface area contributed by atoms with Crippen LogP contribution in [0.3, 0.4) is 0 Å². The number of hydrogen-bond acceptors (Lipinski definition) is 6. The van der Waals surface area contributed by atoms with Crippen LogP contribution in [-0.2, 0) is 9.53 Å². The molecule has 0 spiro atoms. The molecule has 3 aromatic rings. The van der Waals surface area contributed by atoms with E-state index in [4.69, 9.17) is 9.47 Å². The maximum Gasteiger partial charge on any atom is 0.347 e. The van der Waals surface area contributed by atoms with Gasteiger partial charge in [0.1, 0.15) is 5.75 Å². The van der Waals surface area contributed by atoms with Gasteiger partial charge in [-0.25, -0.2) is 9.78 Å². The summed E-state index contributed by atoms with van der Waals surface area (Å²) >= 11 is 3.15. The number of aryl methyl sites for hydroxylation is 1. The Morgan fingerprint density at radius 3 is 3.05 bits per heavy atom. The predicted octanol–water partition coefficient (Wildman–Crippen LogP) is 3.30. The average molecular weight is 323 g/mol. The normalized spacial score (nSPS) is 12.9. The fraction of sp³-hybridized carbons (Fsp3) is 0.286. The molecule has 5 nitrogen and oxygen atoms in total. The molecular formula is C14H13NO4S2. The number of thiophene rings is 1. The molecule has 3 rings (SSSR count). The molecule has 0 bridgehead atoms. The molecule has 7 heteroatoms. The van der Waals surface area contributed by atoms with Crippen LogP contribution < -0.4 is 4.74 Å². The smallest absolute Gasteiger partial charge is 0.347 e. The number of carbonyl (C=O) groups is 1. The van der Waals surface area contributed by atoms with Crippen molar-refractivity contribution < 1.29 is 19.4 Å². The monoisotopic (exact) mass is 323 g/mol. The Balaban J connectivity index is 2.11. The first-order valence-corrected chi connectivity index (χ1v) is 7.95. The molecule has 2 aromatic heterocycles. The maximum atomic E-state index is 11.2. The number of nitrogens with zero attached hydrogens (tertiary/aromatic N) is 1. The second-order valence-corrected chi connectivity index (χ2v) is 6.67. The minimum Gasteiger partial charge on any atom is -0.478 e. The predicted molar refractivity (Wildman–Crippen MR) is 83.7 cm³/mol. The van der Waals surface area contributed by atoms with Crippen molar-refractivity contribution in [1.29, 1.82) is 0 Å². The van der Waals surface area contributed by atoms with Gasteiger partial charge in [-0.1, -0.05) is 0 Å². The van der Waals surface area contributed by atoms with Crippen LogP contribution in [0.2, 0.25) is 0 Å². The first-order chi connectivity index (χ1) is 10.1. The summed E-state index contributed by atoms with van der Waals surface area (Å²) in [5.41, 5.74) is 0.952. The minimum absolute atomic E-state index is 0.000713. The lowest BCUT2D eigenvalue weighted by atomic mass is 10.2. The van der Waals surface area contributed by atoms with E-state index in [-0.39, 0.29) is 6.61 Å². The van der Waals surface area contributed by atoms with Gasteiger partial charge in [-0.3, -0.25) is 0 Å². The number of aliphatic carboxylic acids is 1. The fourth-order valence-electron chi connectivity index (χ4n) is 2.14. The van der Waals surface area contributed by atoms with E-state index in [1.165, 1.54) is 7.11 Å². The van der Waals surface area contributed by atoms with Crippen molar-refractivity contribution in [2.45, 2.75) is 13.0 Å². The summed E-state index contributed by atoms with van der Waals surface area (Å²) in [6, 6.07) is 3.79. The first kappa shape index (κ1) is 14.2. The summed E-state index contributed by atoms with van der Waals surface area (Å²) < 4.78 is 12.6. The van der Waals surface area contributed by atoms with Crippen molar-refractivity contribution >= 4 is 48.9 Å². The van der Waals surface area contributed by atoms with Crippen LogP contribution in [0, 0.1) is 6.92 Å². The average Bonchev–Trinajstić information content (AvgIpc) is 3.03. The summed E-state index contributed by atoms with van der Waals surface area (Å²) in [6.07, 6.45) is -1.02. The Bertz CT molecular complexity index is 808. The number of fused-ring (bicyclic) bond motifs is 3. The molecule has 21 heavy (non-hydrogen) atoms. The molecule has 1 aromatic carbocycles. The zero-order valence-corrected chi connectivity index (χ0v) is 13.1. The van der Waals surface area contributed by atoms with Crippen LogP contribution in [0.5, 0.6) is 5.75 Å². The highest BCUT2D eigenvalue weighted by Crippen LogP contribution is 2.39. The van der Waals surface area contributed by atoms with Crippen molar-refractivity contribution in [2.24, 2.45) is 0 Å². The van der Waals surface area contributed by atoms with Gasteiger partial charge in [-0.05, 0) is 18.4 Å². The van der Waals surface area contributed by atoms with Gasteiger partial charge in [0.05, 0.1) is 26.5 Å². The van der Waals surface area contributed by atoms with Crippen molar-refractivity contribution in [3.8, 4) is 5.75 Å². The summed E-state index contributed by atoms with van der Waals surface area (Å²) in [6.45, 7) is 1.95. The first-order valence-electron chi connectivity index (χ1n) is 6.26. The number of carboxylic acid groups (broad SMARTS) is 1. The topological polar surface area (TPSA) is 68.7 Å².